The van der Waals surface area contributed by atoms with E-state index in [0.717, 1.165) is 53.6 Å². The molecule has 8 heteroatoms. The van der Waals surface area contributed by atoms with Gasteiger partial charge in [0.15, 0.2) is 11.5 Å². The number of phenolic OH excluding ortho intramolecular Hbond substituents is 1. The van der Waals surface area contributed by atoms with Gasteiger partial charge in [0, 0.05) is 25.9 Å². The van der Waals surface area contributed by atoms with Crippen LogP contribution in [-0.2, 0) is 16.0 Å². The van der Waals surface area contributed by atoms with Gasteiger partial charge < -0.3 is 29.4 Å². The number of quaternary nitrogens is 2. The lowest BCUT2D eigenvalue weighted by atomic mass is 9.97. The molecule has 0 bridgehead atoms. The van der Waals surface area contributed by atoms with Crippen molar-refractivity contribution in [3.05, 3.63) is 23.8 Å². The molecule has 0 aliphatic rings. The summed E-state index contributed by atoms with van der Waals surface area (Å²) in [6, 6.07) is 4.91. The fourth-order valence-corrected chi connectivity index (χ4v) is 3.39. The minimum atomic E-state index is -0.846. The van der Waals surface area contributed by atoms with Crippen molar-refractivity contribution in [2.24, 2.45) is 5.92 Å². The SMILES string of the molecule is CC[N+](C)(C)CCCNC(=O)C(Cc1ccc(O)c(OC)c1)C(=O)NCCC[N+](C)(C)CC. The Morgan fingerprint density at radius 2 is 1.42 bits per heavy atom. The highest BCUT2D eigenvalue weighted by Gasteiger charge is 2.27. The standard InChI is InChI=1S/C25H44N4O4/c1-8-28(3,4)16-10-14-26-24(31)21(18-20-12-13-22(30)23(19-20)33-7)25(32)27-15-11-17-29(5,6)9-2/h12-13,19,21H,8-11,14-18H2,1-7H3,(H-2,26,27,30,31,32)/p+2. The maximum Gasteiger partial charge on any atom is 0.232 e. The fourth-order valence-electron chi connectivity index (χ4n) is 3.39. The van der Waals surface area contributed by atoms with Crippen molar-refractivity contribution in [2.75, 3.05) is 74.6 Å². The Morgan fingerprint density at radius 3 is 1.85 bits per heavy atom. The summed E-state index contributed by atoms with van der Waals surface area (Å²) in [5.41, 5.74) is 0.757. The van der Waals surface area contributed by atoms with Gasteiger partial charge >= 0.3 is 0 Å². The van der Waals surface area contributed by atoms with E-state index in [1.165, 1.54) is 13.2 Å². The number of aromatic hydroxyl groups is 1. The van der Waals surface area contributed by atoms with Crippen molar-refractivity contribution >= 4 is 11.8 Å². The zero-order valence-electron chi connectivity index (χ0n) is 21.7. The maximum absolute atomic E-state index is 13.0. The van der Waals surface area contributed by atoms with Crippen LogP contribution in [0.25, 0.3) is 0 Å². The molecule has 0 heterocycles. The molecule has 0 spiro atoms. The number of amides is 2. The van der Waals surface area contributed by atoms with E-state index >= 15 is 0 Å². The number of hydrogen-bond acceptors (Lipinski definition) is 4. The molecule has 3 N–H and O–H groups in total. The summed E-state index contributed by atoms with van der Waals surface area (Å²) in [6.07, 6.45) is 1.93. The first-order valence-electron chi connectivity index (χ1n) is 12.0. The largest absolute Gasteiger partial charge is 0.504 e. The minimum Gasteiger partial charge on any atom is -0.504 e. The van der Waals surface area contributed by atoms with Gasteiger partial charge in [-0.05, 0) is 38.0 Å². The lowest BCUT2D eigenvalue weighted by molar-refractivity contribution is -0.888. The van der Waals surface area contributed by atoms with Crippen LogP contribution in [0.1, 0.15) is 32.3 Å². The lowest BCUT2D eigenvalue weighted by Gasteiger charge is -2.28. The van der Waals surface area contributed by atoms with Crippen LogP contribution in [-0.4, -0.2) is 100 Å². The first-order valence-corrected chi connectivity index (χ1v) is 12.0. The number of hydrogen-bond donors (Lipinski definition) is 3. The van der Waals surface area contributed by atoms with Crippen LogP contribution < -0.4 is 15.4 Å². The molecule has 2 amide bonds. The average Bonchev–Trinajstić information content (AvgIpc) is 2.78. The highest BCUT2D eigenvalue weighted by Crippen LogP contribution is 2.27. The Labute approximate surface area is 200 Å². The van der Waals surface area contributed by atoms with Crippen LogP contribution in [0.4, 0.5) is 0 Å². The van der Waals surface area contributed by atoms with Crippen LogP contribution in [0.15, 0.2) is 18.2 Å². The van der Waals surface area contributed by atoms with Crippen LogP contribution >= 0.6 is 0 Å². The minimum absolute atomic E-state index is 0.0278. The Morgan fingerprint density at radius 1 is 0.939 bits per heavy atom. The second-order valence-electron chi connectivity index (χ2n) is 10.0. The number of rotatable bonds is 15. The number of methoxy groups -OCH3 is 1. The van der Waals surface area contributed by atoms with Gasteiger partial charge in [-0.2, -0.15) is 0 Å². The molecule has 0 saturated carbocycles. The molecule has 8 nitrogen and oxygen atoms in total. The topological polar surface area (TPSA) is 87.7 Å². The highest BCUT2D eigenvalue weighted by atomic mass is 16.5. The Kier molecular flexibility index (Phi) is 11.7. The number of nitrogens with one attached hydrogen (secondary N) is 2. The summed E-state index contributed by atoms with van der Waals surface area (Å²) < 4.78 is 6.95. The number of nitrogens with zero attached hydrogens (tertiary/aromatic N) is 2. The van der Waals surface area contributed by atoms with Gasteiger partial charge in [0.25, 0.3) is 0 Å². The van der Waals surface area contributed by atoms with Crippen LogP contribution in [0.5, 0.6) is 11.5 Å². The second kappa shape index (κ2) is 13.4. The van der Waals surface area contributed by atoms with Crippen LogP contribution in [0.2, 0.25) is 0 Å². The monoisotopic (exact) mass is 466 g/mol. The Hall–Kier alpha value is -2.32. The van der Waals surface area contributed by atoms with Crippen molar-refractivity contribution in [1.82, 2.24) is 10.6 Å². The molecule has 0 aromatic heterocycles. The summed E-state index contributed by atoms with van der Waals surface area (Å²) >= 11 is 0. The maximum atomic E-state index is 13.0. The molecule has 1 aromatic rings. The number of carbonyl (C=O) groups is 2. The van der Waals surface area contributed by atoms with Gasteiger partial charge in [-0.3, -0.25) is 9.59 Å². The van der Waals surface area contributed by atoms with E-state index in [4.69, 9.17) is 4.74 Å². The predicted octanol–water partition coefficient (Wildman–Crippen LogP) is 1.76. The van der Waals surface area contributed by atoms with Crippen molar-refractivity contribution in [3.8, 4) is 11.5 Å². The summed E-state index contributed by atoms with van der Waals surface area (Å²) in [6.45, 7) is 9.31. The molecule has 0 atom stereocenters. The lowest BCUT2D eigenvalue weighted by Crippen LogP contribution is -2.45. The van der Waals surface area contributed by atoms with Crippen LogP contribution in [0.3, 0.4) is 0 Å². The van der Waals surface area contributed by atoms with E-state index in [2.05, 4.69) is 52.7 Å². The van der Waals surface area contributed by atoms with E-state index < -0.39 is 5.92 Å². The third kappa shape index (κ3) is 10.4. The number of ether oxygens (including phenoxy) is 1. The molecule has 33 heavy (non-hydrogen) atoms. The van der Waals surface area contributed by atoms with Crippen LogP contribution in [0, 0.1) is 5.92 Å². The number of phenols is 1. The molecule has 1 rings (SSSR count). The Balaban J connectivity index is 2.80. The molecule has 0 unspecified atom stereocenters. The smallest absolute Gasteiger partial charge is 0.232 e. The van der Waals surface area contributed by atoms with Gasteiger partial charge in [-0.15, -0.1) is 0 Å². The Bertz CT molecular complexity index is 729. The van der Waals surface area contributed by atoms with Gasteiger partial charge in [0.05, 0.1) is 61.5 Å². The van der Waals surface area contributed by atoms with Gasteiger partial charge in [-0.25, -0.2) is 0 Å². The molecule has 1 aromatic carbocycles. The predicted molar refractivity (Wildman–Crippen MR) is 132 cm³/mol. The average molecular weight is 467 g/mol. The summed E-state index contributed by atoms with van der Waals surface area (Å²) in [5.74, 6) is -1.04. The normalized spacial score (nSPS) is 12.0. The number of benzene rings is 1. The van der Waals surface area contributed by atoms with Crippen molar-refractivity contribution in [2.45, 2.75) is 33.1 Å². The fraction of sp³-hybridized carbons (Fsp3) is 0.680. The van der Waals surface area contributed by atoms with E-state index in [0.29, 0.717) is 18.8 Å². The summed E-state index contributed by atoms with van der Waals surface area (Å²) in [5, 5.41) is 15.8. The quantitative estimate of drug-likeness (QED) is 0.209. The first kappa shape index (κ1) is 28.7. The van der Waals surface area contributed by atoms with E-state index in [1.807, 2.05) is 0 Å². The van der Waals surface area contributed by atoms with Gasteiger partial charge in [0.2, 0.25) is 11.8 Å². The first-order chi connectivity index (χ1) is 15.4. The summed E-state index contributed by atoms with van der Waals surface area (Å²) in [7, 11) is 10.1. The molecular weight excluding hydrogens is 420 g/mol. The highest BCUT2D eigenvalue weighted by molar-refractivity contribution is 6.00. The molecule has 0 radical (unpaired) electrons. The third-order valence-electron chi connectivity index (χ3n) is 6.51. The summed E-state index contributed by atoms with van der Waals surface area (Å²) in [4.78, 5) is 26.0. The van der Waals surface area contributed by atoms with E-state index in [-0.39, 0.29) is 24.0 Å². The van der Waals surface area contributed by atoms with Crippen molar-refractivity contribution in [1.29, 1.82) is 0 Å². The van der Waals surface area contributed by atoms with Crippen molar-refractivity contribution in [3.63, 3.8) is 0 Å². The van der Waals surface area contributed by atoms with Gasteiger partial charge in [0.1, 0.15) is 5.92 Å². The second-order valence-corrected chi connectivity index (χ2v) is 10.0. The molecule has 0 saturated heterocycles. The van der Waals surface area contributed by atoms with Crippen molar-refractivity contribution < 1.29 is 28.4 Å². The zero-order valence-corrected chi connectivity index (χ0v) is 21.7. The third-order valence-corrected chi connectivity index (χ3v) is 6.51. The zero-order chi connectivity index (χ0) is 25.1. The van der Waals surface area contributed by atoms with E-state index in [9.17, 15) is 14.7 Å². The number of carbonyl (C=O) groups excluding carboxylic acids is 2. The van der Waals surface area contributed by atoms with E-state index in [1.54, 1.807) is 12.1 Å². The molecule has 0 aliphatic heterocycles. The molecule has 0 fully saturated rings. The molecule has 188 valence electrons. The van der Waals surface area contributed by atoms with Gasteiger partial charge in [-0.1, -0.05) is 6.07 Å². The molecule has 0 aliphatic carbocycles. The molecular formula is C25H46N4O4+2.